The van der Waals surface area contributed by atoms with Gasteiger partial charge in [-0.15, -0.1) is 0 Å². The zero-order valence-electron chi connectivity index (χ0n) is 15.8. The Morgan fingerprint density at radius 2 is 1.97 bits per heavy atom. The van der Waals surface area contributed by atoms with E-state index in [0.717, 1.165) is 36.8 Å². The summed E-state index contributed by atoms with van der Waals surface area (Å²) < 4.78 is 22.2. The molecule has 0 spiro atoms. The highest BCUT2D eigenvalue weighted by Crippen LogP contribution is 2.45. The summed E-state index contributed by atoms with van der Waals surface area (Å²) in [5, 5.41) is 7.80. The minimum atomic E-state index is -0.671. The van der Waals surface area contributed by atoms with Crippen molar-refractivity contribution in [2.75, 3.05) is 13.2 Å². The summed E-state index contributed by atoms with van der Waals surface area (Å²) in [5.41, 5.74) is 1.11. The van der Waals surface area contributed by atoms with Gasteiger partial charge in [-0.2, -0.15) is 16.3 Å². The van der Waals surface area contributed by atoms with Gasteiger partial charge in [0.1, 0.15) is 13.2 Å². The molecule has 1 aliphatic heterocycles. The van der Waals surface area contributed by atoms with Gasteiger partial charge < -0.3 is 18.7 Å². The molecule has 7 nitrogen and oxygen atoms in total. The molecule has 2 aromatic heterocycles. The number of benzene rings is 1. The molecule has 0 N–H and O–H groups in total. The van der Waals surface area contributed by atoms with E-state index in [1.165, 1.54) is 0 Å². The molecule has 0 saturated heterocycles. The Kier molecular flexibility index (Phi) is 4.71. The van der Waals surface area contributed by atoms with Crippen molar-refractivity contribution in [3.05, 3.63) is 46.4 Å². The van der Waals surface area contributed by atoms with E-state index in [1.54, 1.807) is 11.3 Å². The molecule has 0 bridgehead atoms. The molecule has 0 amide bonds. The van der Waals surface area contributed by atoms with Gasteiger partial charge in [-0.25, -0.2) is 0 Å². The number of carbonyl (C=O) groups excluding carboxylic acids is 1. The third-order valence-corrected chi connectivity index (χ3v) is 6.19. The van der Waals surface area contributed by atoms with E-state index >= 15 is 0 Å². The quantitative estimate of drug-likeness (QED) is 0.583. The number of thiophene rings is 1. The average molecular weight is 412 g/mol. The number of aromatic nitrogens is 2. The maximum Gasteiger partial charge on any atom is 0.317 e. The molecule has 3 heterocycles. The summed E-state index contributed by atoms with van der Waals surface area (Å²) >= 11 is 1.55. The molecular weight excluding hydrogens is 392 g/mol. The van der Waals surface area contributed by atoms with Crippen molar-refractivity contribution >= 4 is 17.3 Å². The van der Waals surface area contributed by atoms with Gasteiger partial charge in [0, 0.05) is 5.38 Å². The molecule has 29 heavy (non-hydrogen) atoms. The normalized spacial score (nSPS) is 17.2. The molecule has 150 valence electrons. The molecule has 3 aromatic rings. The van der Waals surface area contributed by atoms with Crippen LogP contribution in [0.1, 0.15) is 37.1 Å². The summed E-state index contributed by atoms with van der Waals surface area (Å²) in [7, 11) is 0. The minimum Gasteiger partial charge on any atom is -0.486 e. The van der Waals surface area contributed by atoms with Crippen LogP contribution in [0.25, 0.3) is 11.5 Å². The number of fused-ring (bicyclic) bond motifs is 1. The zero-order chi connectivity index (χ0) is 19.7. The van der Waals surface area contributed by atoms with E-state index in [-0.39, 0.29) is 12.6 Å². The van der Waals surface area contributed by atoms with Gasteiger partial charge in [0.05, 0.1) is 11.0 Å². The fourth-order valence-electron chi connectivity index (χ4n) is 4.01. The van der Waals surface area contributed by atoms with Crippen molar-refractivity contribution in [3.8, 4) is 23.0 Å². The predicted molar refractivity (Wildman–Crippen MR) is 105 cm³/mol. The van der Waals surface area contributed by atoms with Crippen LogP contribution in [0.5, 0.6) is 11.5 Å². The molecular formula is C21H20N2O5S. The van der Waals surface area contributed by atoms with Gasteiger partial charge in [-0.05, 0) is 42.0 Å². The molecule has 0 unspecified atom stereocenters. The number of nitrogens with zero attached hydrogens (tertiary/aromatic N) is 2. The van der Waals surface area contributed by atoms with E-state index in [0.29, 0.717) is 36.4 Å². The lowest BCUT2D eigenvalue weighted by atomic mass is 9.78. The fourth-order valence-corrected chi connectivity index (χ4v) is 4.64. The van der Waals surface area contributed by atoms with Crippen molar-refractivity contribution in [2.24, 2.45) is 0 Å². The highest BCUT2D eigenvalue weighted by atomic mass is 32.1. The van der Waals surface area contributed by atoms with Crippen molar-refractivity contribution in [1.82, 2.24) is 10.1 Å². The predicted octanol–water partition coefficient (Wildman–Crippen LogP) is 4.12. The second kappa shape index (κ2) is 7.51. The van der Waals surface area contributed by atoms with E-state index in [4.69, 9.17) is 18.7 Å². The van der Waals surface area contributed by atoms with Gasteiger partial charge >= 0.3 is 5.97 Å². The van der Waals surface area contributed by atoms with E-state index < -0.39 is 5.41 Å². The largest absolute Gasteiger partial charge is 0.486 e. The first kappa shape index (κ1) is 18.2. The number of esters is 1. The molecule has 2 aliphatic rings. The van der Waals surface area contributed by atoms with Crippen LogP contribution in [0.2, 0.25) is 0 Å². The molecule has 1 saturated carbocycles. The minimum absolute atomic E-state index is 0.0151. The third-order valence-electron chi connectivity index (χ3n) is 5.51. The first-order valence-electron chi connectivity index (χ1n) is 9.67. The first-order chi connectivity index (χ1) is 14.2. The van der Waals surface area contributed by atoms with Gasteiger partial charge in [-0.3, -0.25) is 4.79 Å². The molecule has 0 atom stereocenters. The smallest absolute Gasteiger partial charge is 0.317 e. The third kappa shape index (κ3) is 3.37. The Morgan fingerprint density at radius 1 is 1.14 bits per heavy atom. The van der Waals surface area contributed by atoms with Crippen LogP contribution in [-0.4, -0.2) is 29.3 Å². The summed E-state index contributed by atoms with van der Waals surface area (Å²) in [5.74, 6) is 1.93. The number of hydrogen-bond acceptors (Lipinski definition) is 8. The molecule has 1 aliphatic carbocycles. The molecule has 1 fully saturated rings. The number of ether oxygens (including phenoxy) is 3. The van der Waals surface area contributed by atoms with Crippen LogP contribution in [-0.2, 0) is 21.6 Å². The van der Waals surface area contributed by atoms with Gasteiger partial charge in [0.2, 0.25) is 5.82 Å². The number of carbonyl (C=O) groups is 1. The molecule has 8 heteroatoms. The van der Waals surface area contributed by atoms with Crippen LogP contribution in [0, 0.1) is 0 Å². The Morgan fingerprint density at radius 3 is 2.76 bits per heavy atom. The van der Waals surface area contributed by atoms with Crippen LogP contribution >= 0.6 is 11.3 Å². The zero-order valence-corrected chi connectivity index (χ0v) is 16.6. The van der Waals surface area contributed by atoms with Crippen molar-refractivity contribution in [1.29, 1.82) is 0 Å². The van der Waals surface area contributed by atoms with Crippen LogP contribution in [0.3, 0.4) is 0 Å². The average Bonchev–Trinajstić information content (AvgIpc) is 3.53. The van der Waals surface area contributed by atoms with E-state index in [1.807, 2.05) is 35.0 Å². The second-order valence-corrected chi connectivity index (χ2v) is 8.03. The lowest BCUT2D eigenvalue weighted by molar-refractivity contribution is -0.152. The Hall–Kier alpha value is -2.87. The molecule has 0 radical (unpaired) electrons. The van der Waals surface area contributed by atoms with Crippen LogP contribution in [0.15, 0.2) is 39.5 Å². The summed E-state index contributed by atoms with van der Waals surface area (Å²) in [6.45, 7) is 1.04. The molecule has 1 aromatic carbocycles. The van der Waals surface area contributed by atoms with Gasteiger partial charge in [0.25, 0.3) is 5.89 Å². The Bertz CT molecular complexity index is 1010. The fraction of sp³-hybridized carbons (Fsp3) is 0.381. The maximum atomic E-state index is 13.2. The highest BCUT2D eigenvalue weighted by Gasteiger charge is 2.45. The summed E-state index contributed by atoms with van der Waals surface area (Å²) in [4.78, 5) is 17.5. The molecule has 5 rings (SSSR count). The van der Waals surface area contributed by atoms with E-state index in [9.17, 15) is 4.79 Å². The van der Waals surface area contributed by atoms with E-state index in [2.05, 4.69) is 10.1 Å². The maximum absolute atomic E-state index is 13.2. The Labute approximate surface area is 171 Å². The highest BCUT2D eigenvalue weighted by molar-refractivity contribution is 7.08. The number of hydrogen-bond donors (Lipinski definition) is 0. The van der Waals surface area contributed by atoms with Crippen LogP contribution in [0.4, 0.5) is 0 Å². The van der Waals surface area contributed by atoms with Crippen molar-refractivity contribution < 1.29 is 23.5 Å². The van der Waals surface area contributed by atoms with Crippen molar-refractivity contribution in [3.63, 3.8) is 0 Å². The first-order valence-corrected chi connectivity index (χ1v) is 10.6. The standard InChI is InChI=1S/C21H20N2O5S/c24-20(27-12-18-22-19(28-23-18)14-5-10-29-13-14)21(6-1-2-7-21)15-3-4-16-17(11-15)26-9-8-25-16/h3-5,10-11,13H,1-2,6-9,12H2. The van der Waals surface area contributed by atoms with Gasteiger partial charge in [0.15, 0.2) is 18.1 Å². The SMILES string of the molecule is O=C(OCc1noc(-c2ccsc2)n1)C1(c2ccc3c(c2)OCCO3)CCCC1. The lowest BCUT2D eigenvalue weighted by Gasteiger charge is -2.28. The monoisotopic (exact) mass is 412 g/mol. The summed E-state index contributed by atoms with van der Waals surface area (Å²) in [6.07, 6.45) is 3.46. The summed E-state index contributed by atoms with van der Waals surface area (Å²) in [6, 6.07) is 7.65. The Balaban J connectivity index is 1.34. The lowest BCUT2D eigenvalue weighted by Crippen LogP contribution is -2.35. The van der Waals surface area contributed by atoms with Crippen LogP contribution < -0.4 is 9.47 Å². The number of rotatable bonds is 5. The van der Waals surface area contributed by atoms with Gasteiger partial charge in [-0.1, -0.05) is 24.1 Å². The topological polar surface area (TPSA) is 83.7 Å². The van der Waals surface area contributed by atoms with Crippen molar-refractivity contribution in [2.45, 2.75) is 37.7 Å². The second-order valence-electron chi connectivity index (χ2n) is 7.25.